The molecule has 1 atom stereocenters. The number of benzene rings is 1. The number of aliphatic hydroxyl groups excluding tert-OH is 1. The highest BCUT2D eigenvalue weighted by Crippen LogP contribution is 2.30. The van der Waals surface area contributed by atoms with Gasteiger partial charge in [-0.2, -0.15) is 0 Å². The molecule has 0 heterocycles. The van der Waals surface area contributed by atoms with E-state index in [9.17, 15) is 5.11 Å². The molecule has 78 valence electrons. The maximum absolute atomic E-state index is 9.75. The maximum Gasteiger partial charge on any atom is 0.133 e. The number of phenols is 1. The van der Waals surface area contributed by atoms with E-state index < -0.39 is 0 Å². The monoisotopic (exact) mass is 307 g/mol. The molecule has 0 aromatic heterocycles. The number of halogens is 1. The van der Waals surface area contributed by atoms with E-state index >= 15 is 0 Å². The van der Waals surface area contributed by atoms with Crippen LogP contribution in [0.25, 0.3) is 0 Å². The van der Waals surface area contributed by atoms with Crippen LogP contribution in [-0.4, -0.2) is 16.8 Å². The molecular weight excluding hydrogens is 293 g/mol. The first kappa shape index (κ1) is 11.7. The van der Waals surface area contributed by atoms with Gasteiger partial charge in [0.25, 0.3) is 0 Å². The van der Waals surface area contributed by atoms with Crippen molar-refractivity contribution in [3.8, 4) is 5.75 Å². The van der Waals surface area contributed by atoms with E-state index in [0.29, 0.717) is 12.0 Å². The summed E-state index contributed by atoms with van der Waals surface area (Å²) < 4.78 is 0.797. The first-order chi connectivity index (χ1) is 6.56. The van der Waals surface area contributed by atoms with Gasteiger partial charge in [0.15, 0.2) is 0 Å². The fraction of sp³-hybridized carbons (Fsp3) is 0.400. The van der Waals surface area contributed by atoms with Gasteiger partial charge in [-0.05, 0) is 47.6 Å². The van der Waals surface area contributed by atoms with Crippen molar-refractivity contribution in [1.82, 2.24) is 0 Å². The minimum atomic E-state index is -0.298. The normalized spacial score (nSPS) is 12.9. The topological polar surface area (TPSA) is 66.5 Å². The summed E-state index contributed by atoms with van der Waals surface area (Å²) in [6.45, 7) is 1.99. The Labute approximate surface area is 97.1 Å². The summed E-state index contributed by atoms with van der Waals surface area (Å²) in [4.78, 5) is 0. The average molecular weight is 307 g/mol. The highest BCUT2D eigenvalue weighted by molar-refractivity contribution is 14.1. The Morgan fingerprint density at radius 3 is 2.71 bits per heavy atom. The predicted octanol–water partition coefficient (Wildman–Crippen LogP) is 1.69. The molecule has 1 rings (SSSR count). The van der Waals surface area contributed by atoms with Crippen LogP contribution in [0.4, 0.5) is 0 Å². The molecule has 0 spiro atoms. The van der Waals surface area contributed by atoms with Crippen LogP contribution in [0.1, 0.15) is 23.6 Å². The fourth-order valence-corrected chi connectivity index (χ4v) is 2.14. The fourth-order valence-electron chi connectivity index (χ4n) is 1.34. The van der Waals surface area contributed by atoms with Crippen molar-refractivity contribution < 1.29 is 10.2 Å². The molecule has 0 radical (unpaired) electrons. The Kier molecular flexibility index (Phi) is 4.15. The van der Waals surface area contributed by atoms with Crippen LogP contribution in [0.2, 0.25) is 0 Å². The lowest BCUT2D eigenvalue weighted by Crippen LogP contribution is -2.12. The van der Waals surface area contributed by atoms with Crippen molar-refractivity contribution >= 4 is 22.6 Å². The molecular formula is C10H14INO2. The molecule has 0 aliphatic heterocycles. The standard InChI is InChI=1S/C10H14INO2/c1-6-4-7(9(12)2-3-13)10(14)8(11)5-6/h4-5,9,13-14H,2-3,12H2,1H3/t9-/m1/s1. The van der Waals surface area contributed by atoms with Crippen LogP contribution in [0.3, 0.4) is 0 Å². The Bertz CT molecular complexity index is 328. The minimum Gasteiger partial charge on any atom is -0.506 e. The number of aromatic hydroxyl groups is 1. The lowest BCUT2D eigenvalue weighted by Gasteiger charge is -2.14. The van der Waals surface area contributed by atoms with Gasteiger partial charge in [0.1, 0.15) is 5.75 Å². The third kappa shape index (κ3) is 2.59. The summed E-state index contributed by atoms with van der Waals surface area (Å²) >= 11 is 2.07. The predicted molar refractivity (Wildman–Crippen MR) is 64.2 cm³/mol. The summed E-state index contributed by atoms with van der Waals surface area (Å²) in [6, 6.07) is 3.46. The number of hydrogen-bond donors (Lipinski definition) is 3. The highest BCUT2D eigenvalue weighted by Gasteiger charge is 2.13. The molecule has 0 amide bonds. The number of hydrogen-bond acceptors (Lipinski definition) is 3. The minimum absolute atomic E-state index is 0.0329. The van der Waals surface area contributed by atoms with E-state index in [2.05, 4.69) is 22.6 Å². The summed E-state index contributed by atoms with van der Waals surface area (Å²) in [5.74, 6) is 0.233. The molecule has 3 nitrogen and oxygen atoms in total. The van der Waals surface area contributed by atoms with Crippen molar-refractivity contribution in [2.24, 2.45) is 5.73 Å². The van der Waals surface area contributed by atoms with Gasteiger partial charge < -0.3 is 15.9 Å². The van der Waals surface area contributed by atoms with Gasteiger partial charge >= 0.3 is 0 Å². The van der Waals surface area contributed by atoms with Crippen LogP contribution in [0.5, 0.6) is 5.75 Å². The Morgan fingerprint density at radius 2 is 2.14 bits per heavy atom. The molecule has 0 aliphatic rings. The number of rotatable bonds is 3. The molecule has 0 unspecified atom stereocenters. The SMILES string of the molecule is Cc1cc(I)c(O)c([C@H](N)CCO)c1. The second-order valence-corrected chi connectivity index (χ2v) is 4.47. The van der Waals surface area contributed by atoms with Crippen molar-refractivity contribution in [3.05, 3.63) is 26.8 Å². The molecule has 0 aliphatic carbocycles. The van der Waals surface area contributed by atoms with E-state index in [0.717, 1.165) is 9.13 Å². The van der Waals surface area contributed by atoms with Gasteiger partial charge in [0.05, 0.1) is 3.57 Å². The molecule has 14 heavy (non-hydrogen) atoms. The van der Waals surface area contributed by atoms with Crippen molar-refractivity contribution in [1.29, 1.82) is 0 Å². The smallest absolute Gasteiger partial charge is 0.133 e. The first-order valence-electron chi connectivity index (χ1n) is 4.41. The van der Waals surface area contributed by atoms with Gasteiger partial charge in [0, 0.05) is 18.2 Å². The van der Waals surface area contributed by atoms with E-state index in [1.54, 1.807) is 0 Å². The summed E-state index contributed by atoms with van der Waals surface area (Å²) in [5, 5.41) is 18.5. The van der Waals surface area contributed by atoms with Crippen molar-refractivity contribution in [2.45, 2.75) is 19.4 Å². The molecule has 4 heteroatoms. The maximum atomic E-state index is 9.75. The molecule has 0 bridgehead atoms. The van der Waals surface area contributed by atoms with E-state index in [1.165, 1.54) is 0 Å². The summed E-state index contributed by atoms with van der Waals surface area (Å²) in [5.41, 5.74) is 7.60. The molecule has 0 saturated carbocycles. The largest absolute Gasteiger partial charge is 0.506 e. The Hall–Kier alpha value is -0.330. The van der Waals surface area contributed by atoms with Gasteiger partial charge in [0.2, 0.25) is 0 Å². The zero-order chi connectivity index (χ0) is 10.7. The van der Waals surface area contributed by atoms with Crippen LogP contribution in [0.15, 0.2) is 12.1 Å². The van der Waals surface area contributed by atoms with Crippen molar-refractivity contribution in [2.75, 3.05) is 6.61 Å². The van der Waals surface area contributed by atoms with Crippen LogP contribution < -0.4 is 5.73 Å². The van der Waals surface area contributed by atoms with Crippen molar-refractivity contribution in [3.63, 3.8) is 0 Å². The summed E-state index contributed by atoms with van der Waals surface area (Å²) in [7, 11) is 0. The zero-order valence-corrected chi connectivity index (χ0v) is 10.2. The quantitative estimate of drug-likeness (QED) is 0.745. The first-order valence-corrected chi connectivity index (χ1v) is 5.49. The van der Waals surface area contributed by atoms with Gasteiger partial charge in [-0.15, -0.1) is 0 Å². The van der Waals surface area contributed by atoms with Crippen LogP contribution in [0, 0.1) is 10.5 Å². The van der Waals surface area contributed by atoms with Crippen LogP contribution in [-0.2, 0) is 0 Å². The lowest BCUT2D eigenvalue weighted by atomic mass is 10.0. The number of aryl methyl sites for hydroxylation is 1. The number of phenolic OH excluding ortho intramolecular Hbond substituents is 1. The molecule has 0 saturated heterocycles. The zero-order valence-electron chi connectivity index (χ0n) is 8.00. The van der Waals surface area contributed by atoms with Gasteiger partial charge in [-0.25, -0.2) is 0 Å². The van der Waals surface area contributed by atoms with E-state index in [1.807, 2.05) is 19.1 Å². The molecule has 0 fully saturated rings. The second kappa shape index (κ2) is 4.95. The Balaban J connectivity index is 3.07. The number of aliphatic hydroxyl groups is 1. The Morgan fingerprint density at radius 1 is 1.50 bits per heavy atom. The third-order valence-electron chi connectivity index (χ3n) is 2.08. The summed E-state index contributed by atoms with van der Waals surface area (Å²) in [6.07, 6.45) is 0.465. The van der Waals surface area contributed by atoms with Crippen LogP contribution >= 0.6 is 22.6 Å². The average Bonchev–Trinajstić information content (AvgIpc) is 2.11. The van der Waals surface area contributed by atoms with E-state index in [-0.39, 0.29) is 18.4 Å². The molecule has 1 aromatic rings. The highest BCUT2D eigenvalue weighted by atomic mass is 127. The molecule has 1 aromatic carbocycles. The van der Waals surface area contributed by atoms with E-state index in [4.69, 9.17) is 10.8 Å². The lowest BCUT2D eigenvalue weighted by molar-refractivity contribution is 0.275. The van der Waals surface area contributed by atoms with Gasteiger partial charge in [-0.3, -0.25) is 0 Å². The number of nitrogens with two attached hydrogens (primary N) is 1. The second-order valence-electron chi connectivity index (χ2n) is 3.30. The van der Waals surface area contributed by atoms with Gasteiger partial charge in [-0.1, -0.05) is 6.07 Å². The third-order valence-corrected chi connectivity index (χ3v) is 2.90. The molecule has 4 N–H and O–H groups in total.